The molecule has 0 unspecified atom stereocenters. The molecule has 0 amide bonds. The molecule has 2 N–H and O–H groups in total. The summed E-state index contributed by atoms with van der Waals surface area (Å²) in [5, 5.41) is 20.1. The number of rotatable bonds is 5. The molecular weight excluding hydrogens is 300 g/mol. The van der Waals surface area contributed by atoms with Crippen molar-refractivity contribution in [3.8, 4) is 0 Å². The number of aliphatic hydroxyl groups is 2. The van der Waals surface area contributed by atoms with Crippen molar-refractivity contribution in [2.75, 3.05) is 13.4 Å². The molecule has 8 heteroatoms. The molecule has 0 radical (unpaired) electrons. The predicted molar refractivity (Wildman–Crippen MR) is 74.9 cm³/mol. The minimum absolute atomic E-state index is 0.0108. The molecule has 1 aliphatic carbocycles. The van der Waals surface area contributed by atoms with Crippen LogP contribution in [0.25, 0.3) is 0 Å². The molecule has 0 bridgehead atoms. The number of carbonyl (C=O) groups excluding carboxylic acids is 1. The van der Waals surface area contributed by atoms with E-state index in [1.807, 2.05) is 13.8 Å². The second-order valence-electron chi connectivity index (χ2n) is 6.13. The highest BCUT2D eigenvalue weighted by Gasteiger charge is 2.53. The largest absolute Gasteiger partial charge is 0.467 e. The zero-order valence-electron chi connectivity index (χ0n) is 12.8. The standard InChI is InChI=1S/C13H24O7S/c1-8(2)5-9-6-13(12(16)19-3,20-21(4,17)18)7-10(14)11(9)15/h8-11,14-15H,5-7H2,1-4H3/t9-,10+,11+,13-/m0/s1. The zero-order chi connectivity index (χ0) is 16.4. The fourth-order valence-corrected chi connectivity index (χ4v) is 3.76. The minimum Gasteiger partial charge on any atom is -0.467 e. The fourth-order valence-electron chi connectivity index (χ4n) is 2.97. The summed E-state index contributed by atoms with van der Waals surface area (Å²) in [6.07, 6.45) is -1.22. The molecule has 0 aromatic heterocycles. The summed E-state index contributed by atoms with van der Waals surface area (Å²) in [5.41, 5.74) is -1.78. The van der Waals surface area contributed by atoms with Crippen molar-refractivity contribution in [1.82, 2.24) is 0 Å². The number of hydrogen-bond donors (Lipinski definition) is 2. The van der Waals surface area contributed by atoms with Gasteiger partial charge < -0.3 is 14.9 Å². The first-order valence-corrected chi connectivity index (χ1v) is 8.67. The average Bonchev–Trinajstić information content (AvgIpc) is 2.31. The molecule has 21 heavy (non-hydrogen) atoms. The van der Waals surface area contributed by atoms with Crippen molar-refractivity contribution in [3.63, 3.8) is 0 Å². The summed E-state index contributed by atoms with van der Waals surface area (Å²) in [6, 6.07) is 0. The lowest BCUT2D eigenvalue weighted by Crippen LogP contribution is -2.56. The van der Waals surface area contributed by atoms with Gasteiger partial charge in [-0.25, -0.2) is 4.79 Å². The third-order valence-electron chi connectivity index (χ3n) is 3.65. The van der Waals surface area contributed by atoms with Crippen LogP contribution in [-0.4, -0.2) is 55.8 Å². The van der Waals surface area contributed by atoms with Crippen molar-refractivity contribution in [2.24, 2.45) is 11.8 Å². The average molecular weight is 324 g/mol. The molecule has 7 nitrogen and oxygen atoms in total. The van der Waals surface area contributed by atoms with Gasteiger partial charge in [-0.1, -0.05) is 13.8 Å². The summed E-state index contributed by atoms with van der Waals surface area (Å²) in [6.45, 7) is 3.87. The quantitative estimate of drug-likeness (QED) is 0.543. The van der Waals surface area contributed by atoms with Crippen LogP contribution < -0.4 is 0 Å². The van der Waals surface area contributed by atoms with Crippen LogP contribution in [0.1, 0.15) is 33.1 Å². The van der Waals surface area contributed by atoms with Crippen molar-refractivity contribution in [3.05, 3.63) is 0 Å². The van der Waals surface area contributed by atoms with Gasteiger partial charge in [0.25, 0.3) is 10.1 Å². The second-order valence-corrected chi connectivity index (χ2v) is 7.70. The molecule has 1 fully saturated rings. The number of esters is 1. The molecule has 1 saturated carbocycles. The zero-order valence-corrected chi connectivity index (χ0v) is 13.6. The van der Waals surface area contributed by atoms with Gasteiger partial charge in [0.2, 0.25) is 0 Å². The molecule has 124 valence electrons. The third-order valence-corrected chi connectivity index (χ3v) is 4.27. The van der Waals surface area contributed by atoms with E-state index in [9.17, 15) is 23.4 Å². The molecule has 1 aliphatic rings. The third kappa shape index (κ3) is 4.64. The molecule has 0 aromatic carbocycles. The normalized spacial score (nSPS) is 34.0. The number of carbonyl (C=O) groups is 1. The maximum atomic E-state index is 12.0. The smallest absolute Gasteiger partial charge is 0.339 e. The van der Waals surface area contributed by atoms with E-state index in [-0.39, 0.29) is 18.8 Å². The van der Waals surface area contributed by atoms with Crippen molar-refractivity contribution < 1.29 is 32.3 Å². The first kappa shape index (κ1) is 18.3. The molecule has 4 atom stereocenters. The molecule has 0 aliphatic heterocycles. The first-order chi connectivity index (χ1) is 9.50. The summed E-state index contributed by atoms with van der Waals surface area (Å²) in [7, 11) is -2.79. The monoisotopic (exact) mass is 324 g/mol. The Morgan fingerprint density at radius 2 is 1.90 bits per heavy atom. The number of ether oxygens (including phenoxy) is 1. The summed E-state index contributed by atoms with van der Waals surface area (Å²) in [5.74, 6) is -1.09. The summed E-state index contributed by atoms with van der Waals surface area (Å²) < 4.78 is 32.6. The highest BCUT2D eigenvalue weighted by molar-refractivity contribution is 7.86. The van der Waals surface area contributed by atoms with Gasteiger partial charge in [-0.15, -0.1) is 0 Å². The lowest BCUT2D eigenvalue weighted by Gasteiger charge is -2.42. The van der Waals surface area contributed by atoms with Gasteiger partial charge in [-0.2, -0.15) is 8.42 Å². The van der Waals surface area contributed by atoms with Gasteiger partial charge in [-0.05, 0) is 24.7 Å². The molecule has 0 saturated heterocycles. The van der Waals surface area contributed by atoms with E-state index in [1.165, 1.54) is 0 Å². The van der Waals surface area contributed by atoms with E-state index in [1.54, 1.807) is 0 Å². The second kappa shape index (κ2) is 6.60. The lowest BCUT2D eigenvalue weighted by atomic mass is 9.72. The Bertz CT molecular complexity index is 473. The Balaban J connectivity index is 3.14. The van der Waals surface area contributed by atoms with Crippen LogP contribution in [0.4, 0.5) is 0 Å². The maximum absolute atomic E-state index is 12.0. The SMILES string of the molecule is COC(=O)[C@]1(OS(C)(=O)=O)C[C@H](CC(C)C)[C@@H](O)[C@H](O)C1. The highest BCUT2D eigenvalue weighted by Crippen LogP contribution is 2.40. The predicted octanol–water partition coefficient (Wildman–Crippen LogP) is 0.0523. The number of hydrogen-bond acceptors (Lipinski definition) is 7. The van der Waals surface area contributed by atoms with Crippen LogP contribution in [0.3, 0.4) is 0 Å². The van der Waals surface area contributed by atoms with Gasteiger partial charge in [0.1, 0.15) is 0 Å². The Kier molecular flexibility index (Phi) is 5.76. The fraction of sp³-hybridized carbons (Fsp3) is 0.923. The van der Waals surface area contributed by atoms with Crippen LogP contribution >= 0.6 is 0 Å². The molecule has 0 spiro atoms. The Labute approximate surface area is 125 Å². The van der Waals surface area contributed by atoms with Gasteiger partial charge in [0, 0.05) is 6.42 Å². The van der Waals surface area contributed by atoms with Crippen molar-refractivity contribution in [2.45, 2.75) is 50.9 Å². The number of aliphatic hydroxyl groups excluding tert-OH is 2. The van der Waals surface area contributed by atoms with E-state index in [0.717, 1.165) is 13.4 Å². The molecule has 1 rings (SSSR count). The van der Waals surface area contributed by atoms with E-state index in [2.05, 4.69) is 4.74 Å². The summed E-state index contributed by atoms with van der Waals surface area (Å²) >= 11 is 0. The van der Waals surface area contributed by atoms with E-state index < -0.39 is 39.8 Å². The lowest BCUT2D eigenvalue weighted by molar-refractivity contribution is -0.177. The Hall–Kier alpha value is -0.700. The molecule has 0 aromatic rings. The van der Waals surface area contributed by atoms with E-state index in [4.69, 9.17) is 4.18 Å². The van der Waals surface area contributed by atoms with Gasteiger partial charge >= 0.3 is 5.97 Å². The topological polar surface area (TPSA) is 110 Å². The molecule has 0 heterocycles. The van der Waals surface area contributed by atoms with Gasteiger partial charge in [-0.3, -0.25) is 4.18 Å². The van der Waals surface area contributed by atoms with Gasteiger partial charge in [0.05, 0.1) is 25.6 Å². The van der Waals surface area contributed by atoms with Crippen LogP contribution in [0, 0.1) is 11.8 Å². The number of methoxy groups -OCH3 is 1. The summed E-state index contributed by atoms with van der Waals surface area (Å²) in [4.78, 5) is 12.0. The van der Waals surface area contributed by atoms with E-state index in [0.29, 0.717) is 6.42 Å². The van der Waals surface area contributed by atoms with Crippen molar-refractivity contribution >= 4 is 16.1 Å². The van der Waals surface area contributed by atoms with Crippen molar-refractivity contribution in [1.29, 1.82) is 0 Å². The first-order valence-electron chi connectivity index (χ1n) is 6.86. The van der Waals surface area contributed by atoms with E-state index >= 15 is 0 Å². The maximum Gasteiger partial charge on any atom is 0.339 e. The van der Waals surface area contributed by atoms with Crippen LogP contribution in [0.5, 0.6) is 0 Å². The minimum atomic E-state index is -3.92. The van der Waals surface area contributed by atoms with Gasteiger partial charge in [0.15, 0.2) is 5.60 Å². The van der Waals surface area contributed by atoms with Crippen LogP contribution in [0.15, 0.2) is 0 Å². The van der Waals surface area contributed by atoms with Crippen LogP contribution in [-0.2, 0) is 23.8 Å². The van der Waals surface area contributed by atoms with Crippen LogP contribution in [0.2, 0.25) is 0 Å². The highest BCUT2D eigenvalue weighted by atomic mass is 32.2. The molecular formula is C13H24O7S. The Morgan fingerprint density at radius 1 is 1.33 bits per heavy atom. The Morgan fingerprint density at radius 3 is 2.33 bits per heavy atom.